The predicted octanol–water partition coefficient (Wildman–Crippen LogP) is 9.78. The van der Waals surface area contributed by atoms with E-state index in [1.807, 2.05) is 0 Å². The van der Waals surface area contributed by atoms with Gasteiger partial charge in [0, 0.05) is 25.3 Å². The lowest BCUT2D eigenvalue weighted by atomic mass is 10.1. The average Bonchev–Trinajstić information content (AvgIpc) is 2.87. The summed E-state index contributed by atoms with van der Waals surface area (Å²) < 4.78 is 152. The van der Waals surface area contributed by atoms with Crippen LogP contribution in [0.25, 0.3) is 0 Å². The molecular weight excluding hydrogens is 662 g/mol. The maximum absolute atomic E-state index is 14.1. The van der Waals surface area contributed by atoms with E-state index in [1.54, 1.807) is 55.4 Å². The molecular formula is C28H46F10O5Si2. The minimum atomic E-state index is -5.83. The summed E-state index contributed by atoms with van der Waals surface area (Å²) in [5, 5.41) is 0. The van der Waals surface area contributed by atoms with E-state index < -0.39 is 113 Å². The van der Waals surface area contributed by atoms with Crippen molar-refractivity contribution in [3.63, 3.8) is 0 Å². The van der Waals surface area contributed by atoms with Gasteiger partial charge in [-0.1, -0.05) is 55.4 Å². The number of hydrogen-bond acceptors (Lipinski definition) is 5. The lowest BCUT2D eigenvalue weighted by Crippen LogP contribution is -2.55. The zero-order valence-corrected chi connectivity index (χ0v) is 29.1. The molecule has 0 aromatic carbocycles. The van der Waals surface area contributed by atoms with Crippen molar-refractivity contribution in [2.75, 3.05) is 7.11 Å². The van der Waals surface area contributed by atoms with Gasteiger partial charge in [-0.3, -0.25) is 0 Å². The molecule has 0 spiro atoms. The zero-order valence-electron chi connectivity index (χ0n) is 27.1. The maximum Gasteiger partial charge on any atom is 0.453 e. The Kier molecular flexibility index (Phi) is 16.0. The number of carbonyl (C=O) groups is 2. The van der Waals surface area contributed by atoms with Crippen LogP contribution in [0.2, 0.25) is 34.3 Å². The van der Waals surface area contributed by atoms with E-state index in [9.17, 15) is 53.5 Å². The summed E-state index contributed by atoms with van der Waals surface area (Å²) in [4.78, 5) is 23.9. The molecule has 0 saturated carbocycles. The van der Waals surface area contributed by atoms with Gasteiger partial charge in [0.2, 0.25) is 0 Å². The minimum Gasteiger partial charge on any atom is -0.466 e. The molecule has 0 aromatic heterocycles. The first-order valence-electron chi connectivity index (χ1n) is 14.6. The molecule has 0 aliphatic rings. The number of alkyl halides is 10. The Balaban J connectivity index is 7.13. The molecule has 0 saturated heterocycles. The van der Waals surface area contributed by atoms with Crippen molar-refractivity contribution in [3.05, 3.63) is 12.2 Å². The number of carbonyl (C=O) groups excluding carboxylic acids is 2. The quantitative estimate of drug-likeness (QED) is 0.0440. The van der Waals surface area contributed by atoms with Crippen LogP contribution in [-0.4, -0.2) is 72.4 Å². The third-order valence-corrected chi connectivity index (χ3v) is 19.8. The fourth-order valence-electron chi connectivity index (χ4n) is 5.50. The van der Waals surface area contributed by atoms with E-state index in [1.165, 1.54) is 0 Å². The highest BCUT2D eigenvalue weighted by Crippen LogP contribution is 2.48. The molecule has 0 amide bonds. The Morgan fingerprint density at radius 2 is 1.02 bits per heavy atom. The number of methoxy groups -OCH3 is 1. The highest BCUT2D eigenvalue weighted by molar-refractivity contribution is 6.77. The van der Waals surface area contributed by atoms with Crippen LogP contribution >= 0.6 is 0 Å². The molecule has 0 fully saturated rings. The second-order valence-electron chi connectivity index (χ2n) is 12.5. The number of aldehydes is 1. The molecule has 17 heteroatoms. The molecule has 0 radical (unpaired) electrons. The van der Waals surface area contributed by atoms with Gasteiger partial charge in [0.15, 0.2) is 16.6 Å². The SMILES string of the molecule is COC(=O)/C=C/[C@@H](O[Si](CCC(F)(F)C(F)(F)F)(C(C)C)C(C)C)[C@H](CC=O)O[Si](CCC(F)(F)C(F)(F)F)(C(C)C)C(C)C. The molecule has 0 heterocycles. The predicted molar refractivity (Wildman–Crippen MR) is 154 cm³/mol. The zero-order chi connectivity index (χ0) is 35.8. The van der Waals surface area contributed by atoms with E-state index in [0.29, 0.717) is 6.29 Å². The number of hydrogen-bond donors (Lipinski definition) is 0. The Bertz CT molecular complexity index is 950. The van der Waals surface area contributed by atoms with E-state index in [2.05, 4.69) is 4.74 Å². The largest absolute Gasteiger partial charge is 0.466 e. The highest BCUT2D eigenvalue weighted by atomic mass is 28.4. The molecule has 0 rings (SSSR count). The molecule has 0 unspecified atom stereocenters. The van der Waals surface area contributed by atoms with Gasteiger partial charge >= 0.3 is 30.2 Å². The number of halogens is 10. The van der Waals surface area contributed by atoms with E-state index in [4.69, 9.17) is 8.85 Å². The maximum atomic E-state index is 14.1. The minimum absolute atomic E-state index is 0.378. The summed E-state index contributed by atoms with van der Waals surface area (Å²) in [7, 11) is -6.36. The third-order valence-electron chi connectivity index (χ3n) is 8.44. The molecule has 0 aliphatic carbocycles. The molecule has 2 atom stereocenters. The van der Waals surface area contributed by atoms with E-state index >= 15 is 0 Å². The van der Waals surface area contributed by atoms with Gasteiger partial charge in [-0.25, -0.2) is 4.79 Å². The lowest BCUT2D eigenvalue weighted by Gasteiger charge is -2.47. The van der Waals surface area contributed by atoms with Crippen LogP contribution in [0.3, 0.4) is 0 Å². The average molecular weight is 709 g/mol. The summed E-state index contributed by atoms with van der Waals surface area (Å²) in [6, 6.07) is -1.38. The van der Waals surface area contributed by atoms with Crippen LogP contribution in [-0.2, 0) is 23.2 Å². The summed E-state index contributed by atoms with van der Waals surface area (Å²) in [6.45, 7) is 12.6. The molecule has 0 N–H and O–H groups in total. The number of esters is 1. The summed E-state index contributed by atoms with van der Waals surface area (Å²) in [6.07, 6.45) is -15.9. The summed E-state index contributed by atoms with van der Waals surface area (Å²) >= 11 is 0. The molecule has 266 valence electrons. The van der Waals surface area contributed by atoms with Crippen molar-refractivity contribution in [1.29, 1.82) is 0 Å². The monoisotopic (exact) mass is 708 g/mol. The Morgan fingerprint density at radius 1 is 0.667 bits per heavy atom. The number of ether oxygens (including phenoxy) is 1. The van der Waals surface area contributed by atoms with Crippen molar-refractivity contribution in [2.24, 2.45) is 0 Å². The fraction of sp³-hybridized carbons (Fsp3) is 0.857. The van der Waals surface area contributed by atoms with Gasteiger partial charge in [0.1, 0.15) is 6.29 Å². The second-order valence-corrected chi connectivity index (χ2v) is 22.4. The van der Waals surface area contributed by atoms with Gasteiger partial charge < -0.3 is 18.4 Å². The molecule has 0 aliphatic heterocycles. The number of rotatable bonds is 19. The van der Waals surface area contributed by atoms with Crippen LogP contribution in [0.15, 0.2) is 12.2 Å². The topological polar surface area (TPSA) is 61.8 Å². The Hall–Kier alpha value is -1.47. The highest BCUT2D eigenvalue weighted by Gasteiger charge is 2.60. The van der Waals surface area contributed by atoms with Crippen LogP contribution in [0.1, 0.15) is 74.7 Å². The summed E-state index contributed by atoms with van der Waals surface area (Å²) in [5.41, 5.74) is -2.34. The van der Waals surface area contributed by atoms with Gasteiger partial charge in [0.25, 0.3) is 0 Å². The Morgan fingerprint density at radius 3 is 1.31 bits per heavy atom. The standard InChI is InChI=1S/C28H46F10O5Si2/c1-18(2)44(19(3)4,16-13-25(29,30)27(33,34)35)42-22(10-11-24(40)41-9)23(12-15-39)43-45(20(5)6,21(7)8)17-14-26(31,32)28(36,37)38/h10-11,15,18-23H,12-14,16-17H2,1-9H3/b11-10+/t22-,23+/m1/s1. The smallest absolute Gasteiger partial charge is 0.453 e. The van der Waals surface area contributed by atoms with Gasteiger partial charge in [-0.15, -0.1) is 0 Å². The first-order valence-corrected chi connectivity index (χ1v) is 19.2. The lowest BCUT2D eigenvalue weighted by molar-refractivity contribution is -0.283. The van der Waals surface area contributed by atoms with Crippen molar-refractivity contribution < 1.29 is 67.1 Å². The first kappa shape index (κ1) is 43.5. The molecule has 0 bridgehead atoms. The normalized spacial score (nSPS) is 15.9. The second kappa shape index (κ2) is 16.6. The van der Waals surface area contributed by atoms with Crippen LogP contribution in [0.5, 0.6) is 0 Å². The van der Waals surface area contributed by atoms with E-state index in [0.717, 1.165) is 19.3 Å². The molecule has 45 heavy (non-hydrogen) atoms. The molecule has 0 aromatic rings. The Labute approximate surface area is 260 Å². The van der Waals surface area contributed by atoms with E-state index in [-0.39, 0.29) is 0 Å². The first-order chi connectivity index (χ1) is 20.2. The van der Waals surface area contributed by atoms with Gasteiger partial charge in [0.05, 0.1) is 19.3 Å². The fourth-order valence-corrected chi connectivity index (χ4v) is 14.7. The summed E-state index contributed by atoms with van der Waals surface area (Å²) in [5.74, 6) is -11.0. The van der Waals surface area contributed by atoms with Crippen LogP contribution < -0.4 is 0 Å². The van der Waals surface area contributed by atoms with Gasteiger partial charge in [-0.05, 0) is 40.3 Å². The van der Waals surface area contributed by atoms with Crippen molar-refractivity contribution >= 4 is 28.9 Å². The van der Waals surface area contributed by atoms with Crippen molar-refractivity contribution in [3.8, 4) is 0 Å². The molecule has 5 nitrogen and oxygen atoms in total. The van der Waals surface area contributed by atoms with Crippen molar-refractivity contribution in [2.45, 2.75) is 145 Å². The van der Waals surface area contributed by atoms with Crippen LogP contribution in [0.4, 0.5) is 43.9 Å². The van der Waals surface area contributed by atoms with Crippen molar-refractivity contribution in [1.82, 2.24) is 0 Å². The van der Waals surface area contributed by atoms with Gasteiger partial charge in [-0.2, -0.15) is 43.9 Å². The third kappa shape index (κ3) is 11.3. The van der Waals surface area contributed by atoms with Crippen LogP contribution in [0, 0.1) is 0 Å².